The maximum absolute atomic E-state index is 12.1. The lowest BCUT2D eigenvalue weighted by Crippen LogP contribution is -2.42. The molecule has 0 aliphatic carbocycles. The zero-order valence-electron chi connectivity index (χ0n) is 15.9. The molecule has 4 N–H and O–H groups in total. The second-order valence-corrected chi connectivity index (χ2v) is 8.65. The van der Waals surface area contributed by atoms with Crippen LogP contribution in [0.15, 0.2) is 11.1 Å². The molecule has 2 aromatic heterocycles. The van der Waals surface area contributed by atoms with Crippen LogP contribution in [-0.2, 0) is 24.2 Å². The van der Waals surface area contributed by atoms with Crippen LogP contribution in [0.3, 0.4) is 0 Å². The van der Waals surface area contributed by atoms with Crippen molar-refractivity contribution in [2.24, 2.45) is 0 Å². The second kappa shape index (κ2) is 7.75. The molecule has 4 atom stereocenters. The van der Waals surface area contributed by atoms with E-state index in [4.69, 9.17) is 19.9 Å². The fourth-order valence-corrected chi connectivity index (χ4v) is 4.09. The standard InChI is InChI=1S/C15H24N6O6S/c1-7(2)26-10-8(5-28(23,24)17-3)27-14(11(10)25-4)21-6-18-9-12(21)19-15(16)20-13(9)22/h6-8,10-11,14,17H,5H2,1-4H3,(H3,16,19,20,22)/t8-,10-,11-,14-/m1/s1. The number of hydrogen-bond donors (Lipinski definition) is 3. The lowest BCUT2D eigenvalue weighted by Gasteiger charge is -2.25. The van der Waals surface area contributed by atoms with Crippen LogP contribution in [0.1, 0.15) is 20.1 Å². The highest BCUT2D eigenvalue weighted by molar-refractivity contribution is 7.89. The van der Waals surface area contributed by atoms with Gasteiger partial charge in [-0.2, -0.15) is 4.98 Å². The van der Waals surface area contributed by atoms with Gasteiger partial charge in [0.05, 0.1) is 18.2 Å². The highest BCUT2D eigenvalue weighted by Gasteiger charge is 2.49. The molecule has 0 spiro atoms. The lowest BCUT2D eigenvalue weighted by atomic mass is 10.1. The zero-order chi connectivity index (χ0) is 20.6. The summed E-state index contributed by atoms with van der Waals surface area (Å²) in [7, 11) is -0.775. The van der Waals surface area contributed by atoms with Gasteiger partial charge in [0.25, 0.3) is 5.56 Å². The van der Waals surface area contributed by atoms with E-state index in [1.165, 1.54) is 25.1 Å². The van der Waals surface area contributed by atoms with Gasteiger partial charge in [-0.3, -0.25) is 14.3 Å². The van der Waals surface area contributed by atoms with Crippen LogP contribution >= 0.6 is 0 Å². The van der Waals surface area contributed by atoms with Crippen LogP contribution in [0.4, 0.5) is 5.95 Å². The van der Waals surface area contributed by atoms with E-state index >= 15 is 0 Å². The van der Waals surface area contributed by atoms with Crippen LogP contribution in [0.5, 0.6) is 0 Å². The molecule has 3 heterocycles. The quantitative estimate of drug-likeness (QED) is 0.511. The molecule has 13 heteroatoms. The monoisotopic (exact) mass is 416 g/mol. The van der Waals surface area contributed by atoms with Gasteiger partial charge in [0.2, 0.25) is 16.0 Å². The smallest absolute Gasteiger partial charge is 0.280 e. The van der Waals surface area contributed by atoms with Crippen LogP contribution in [0.2, 0.25) is 0 Å². The predicted molar refractivity (Wildman–Crippen MR) is 100 cm³/mol. The van der Waals surface area contributed by atoms with Gasteiger partial charge in [-0.05, 0) is 20.9 Å². The summed E-state index contributed by atoms with van der Waals surface area (Å²) in [5.41, 5.74) is 5.45. The van der Waals surface area contributed by atoms with E-state index in [-0.39, 0.29) is 29.0 Å². The average Bonchev–Trinajstić information content (AvgIpc) is 3.16. The number of aromatic nitrogens is 4. The van der Waals surface area contributed by atoms with Crippen LogP contribution in [0, 0.1) is 0 Å². The summed E-state index contributed by atoms with van der Waals surface area (Å²) in [5.74, 6) is -0.393. The summed E-state index contributed by atoms with van der Waals surface area (Å²) in [6.45, 7) is 3.66. The SMILES string of the molecule is CNS(=O)(=O)C[C@H]1O[C@@H](n2cnc3c(=O)[nH]c(N)nc32)[C@H](OC)[C@@H]1OC(C)C. The van der Waals surface area contributed by atoms with Crippen molar-refractivity contribution in [2.75, 3.05) is 25.6 Å². The number of sulfonamides is 1. The van der Waals surface area contributed by atoms with Gasteiger partial charge >= 0.3 is 0 Å². The first kappa shape index (κ1) is 20.7. The van der Waals surface area contributed by atoms with Crippen molar-refractivity contribution in [3.63, 3.8) is 0 Å². The number of imidazole rings is 1. The Kier molecular flexibility index (Phi) is 5.72. The number of hydrogen-bond acceptors (Lipinski definition) is 9. The number of nitrogens with two attached hydrogens (primary N) is 1. The summed E-state index contributed by atoms with van der Waals surface area (Å²) >= 11 is 0. The average molecular weight is 416 g/mol. The number of nitrogens with zero attached hydrogens (tertiary/aromatic N) is 3. The maximum Gasteiger partial charge on any atom is 0.280 e. The molecule has 0 unspecified atom stereocenters. The molecule has 1 aliphatic rings. The third-order valence-corrected chi connectivity index (χ3v) is 5.80. The number of nitrogen functional groups attached to an aromatic ring is 1. The van der Waals surface area contributed by atoms with E-state index in [1.807, 2.05) is 13.8 Å². The van der Waals surface area contributed by atoms with E-state index in [1.54, 1.807) is 0 Å². The summed E-state index contributed by atoms with van der Waals surface area (Å²) in [4.78, 5) is 22.6. The molecule has 12 nitrogen and oxygen atoms in total. The Labute approximate surface area is 161 Å². The van der Waals surface area contributed by atoms with E-state index in [9.17, 15) is 13.2 Å². The van der Waals surface area contributed by atoms with E-state index < -0.39 is 40.1 Å². The minimum Gasteiger partial charge on any atom is -0.374 e. The van der Waals surface area contributed by atoms with Crippen molar-refractivity contribution < 1.29 is 22.6 Å². The van der Waals surface area contributed by atoms with Crippen molar-refractivity contribution in [1.82, 2.24) is 24.2 Å². The Morgan fingerprint density at radius 2 is 2.14 bits per heavy atom. The summed E-state index contributed by atoms with van der Waals surface area (Å²) < 4.78 is 45.5. The molecular weight excluding hydrogens is 392 g/mol. The van der Waals surface area contributed by atoms with E-state index in [0.29, 0.717) is 0 Å². The fraction of sp³-hybridized carbons (Fsp3) is 0.667. The molecule has 0 aromatic carbocycles. The fourth-order valence-electron chi connectivity index (χ4n) is 3.22. The number of anilines is 1. The normalized spacial score (nSPS) is 25.8. The van der Waals surface area contributed by atoms with Gasteiger partial charge in [-0.1, -0.05) is 0 Å². The van der Waals surface area contributed by atoms with Gasteiger partial charge in [0.1, 0.15) is 18.3 Å². The van der Waals surface area contributed by atoms with Gasteiger partial charge in [0, 0.05) is 7.11 Å². The molecular formula is C15H24N6O6S. The van der Waals surface area contributed by atoms with Crippen LogP contribution in [-0.4, -0.2) is 72.3 Å². The maximum atomic E-state index is 12.1. The second-order valence-electron chi connectivity index (χ2n) is 6.68. The van der Waals surface area contributed by atoms with Crippen molar-refractivity contribution >= 4 is 27.1 Å². The van der Waals surface area contributed by atoms with Gasteiger partial charge in [0.15, 0.2) is 17.4 Å². The van der Waals surface area contributed by atoms with E-state index in [0.717, 1.165) is 0 Å². The Balaban J connectivity index is 2.04. The first-order valence-corrected chi connectivity index (χ1v) is 10.3. The summed E-state index contributed by atoms with van der Waals surface area (Å²) in [6, 6.07) is 0. The molecule has 2 aromatic rings. The topological polar surface area (TPSA) is 163 Å². The first-order valence-electron chi connectivity index (χ1n) is 8.64. The number of ether oxygens (including phenoxy) is 3. The number of methoxy groups -OCH3 is 1. The molecule has 156 valence electrons. The number of H-pyrrole nitrogens is 1. The lowest BCUT2D eigenvalue weighted by molar-refractivity contribution is -0.0767. The first-order chi connectivity index (χ1) is 13.2. The van der Waals surface area contributed by atoms with Crippen molar-refractivity contribution in [1.29, 1.82) is 0 Å². The van der Waals surface area contributed by atoms with Gasteiger partial charge in [-0.25, -0.2) is 18.1 Å². The Morgan fingerprint density at radius 3 is 2.75 bits per heavy atom. The number of rotatable bonds is 7. The zero-order valence-corrected chi connectivity index (χ0v) is 16.8. The molecule has 0 saturated carbocycles. The minimum absolute atomic E-state index is 0.0736. The largest absolute Gasteiger partial charge is 0.374 e. The Bertz CT molecular complexity index is 1000. The highest BCUT2D eigenvalue weighted by Crippen LogP contribution is 2.35. The van der Waals surface area contributed by atoms with Gasteiger partial charge in [-0.15, -0.1) is 0 Å². The molecule has 0 bridgehead atoms. The molecule has 3 rings (SSSR count). The van der Waals surface area contributed by atoms with Gasteiger partial charge < -0.3 is 19.9 Å². The number of fused-ring (bicyclic) bond motifs is 1. The molecule has 0 radical (unpaired) electrons. The van der Waals surface area contributed by atoms with E-state index in [2.05, 4.69) is 19.7 Å². The molecule has 0 amide bonds. The number of nitrogens with one attached hydrogen (secondary N) is 2. The van der Waals surface area contributed by atoms with Crippen LogP contribution < -0.4 is 16.0 Å². The van der Waals surface area contributed by atoms with Crippen LogP contribution in [0.25, 0.3) is 11.2 Å². The van der Waals surface area contributed by atoms with Crippen molar-refractivity contribution in [3.8, 4) is 0 Å². The number of aromatic amines is 1. The highest BCUT2D eigenvalue weighted by atomic mass is 32.2. The Morgan fingerprint density at radius 1 is 1.43 bits per heavy atom. The molecule has 1 aliphatic heterocycles. The predicted octanol–water partition coefficient (Wildman–Crippen LogP) is -1.04. The third kappa shape index (κ3) is 3.89. The molecule has 28 heavy (non-hydrogen) atoms. The summed E-state index contributed by atoms with van der Waals surface area (Å²) in [6.07, 6.45) is -1.78. The Hall–Kier alpha value is -2.06. The third-order valence-electron chi connectivity index (χ3n) is 4.41. The minimum atomic E-state index is -3.58. The van der Waals surface area contributed by atoms with Crippen molar-refractivity contribution in [2.45, 2.75) is 44.5 Å². The molecule has 1 fully saturated rings. The molecule has 1 saturated heterocycles. The van der Waals surface area contributed by atoms with Crippen molar-refractivity contribution in [3.05, 3.63) is 16.7 Å². The summed E-state index contributed by atoms with van der Waals surface area (Å²) in [5, 5.41) is 0.